The smallest absolute Gasteiger partial charge is 0.231 e. The van der Waals surface area contributed by atoms with Gasteiger partial charge in [-0.3, -0.25) is 0 Å². The number of nitrogens with one attached hydrogen (secondary N) is 1. The van der Waals surface area contributed by atoms with Crippen LogP contribution in [0.5, 0.6) is 11.5 Å². The summed E-state index contributed by atoms with van der Waals surface area (Å²) in [6.45, 7) is 2.55. The van der Waals surface area contributed by atoms with Crippen molar-refractivity contribution >= 4 is 16.6 Å². The third-order valence-corrected chi connectivity index (χ3v) is 4.63. The Labute approximate surface area is 118 Å². The van der Waals surface area contributed by atoms with E-state index >= 15 is 0 Å². The average Bonchev–Trinajstić information content (AvgIpc) is 2.88. The van der Waals surface area contributed by atoms with E-state index in [9.17, 15) is 0 Å². The molecule has 0 amide bonds. The summed E-state index contributed by atoms with van der Waals surface area (Å²) >= 11 is 0. The summed E-state index contributed by atoms with van der Waals surface area (Å²) in [5.41, 5.74) is 0.234. The van der Waals surface area contributed by atoms with Gasteiger partial charge in [0.05, 0.1) is 0 Å². The van der Waals surface area contributed by atoms with Crippen LogP contribution in [0.3, 0.4) is 0 Å². The first-order valence-corrected chi connectivity index (χ1v) is 7.26. The van der Waals surface area contributed by atoms with Crippen LogP contribution in [0, 0.1) is 0 Å². The highest BCUT2D eigenvalue weighted by Gasteiger charge is 2.35. The summed E-state index contributed by atoms with van der Waals surface area (Å²) < 4.78 is 10.9. The van der Waals surface area contributed by atoms with Crippen LogP contribution in [0.25, 0.3) is 10.8 Å². The van der Waals surface area contributed by atoms with Gasteiger partial charge >= 0.3 is 0 Å². The summed E-state index contributed by atoms with van der Waals surface area (Å²) in [4.78, 5) is 4.54. The lowest BCUT2D eigenvalue weighted by Crippen LogP contribution is -2.44. The van der Waals surface area contributed by atoms with E-state index in [2.05, 4.69) is 17.2 Å². The van der Waals surface area contributed by atoms with Crippen LogP contribution in [-0.2, 0) is 0 Å². The number of pyridine rings is 1. The molecule has 0 bridgehead atoms. The van der Waals surface area contributed by atoms with Crippen molar-refractivity contribution in [2.45, 2.75) is 38.1 Å². The van der Waals surface area contributed by atoms with Gasteiger partial charge in [-0.25, -0.2) is 4.98 Å². The molecule has 4 rings (SSSR count). The number of benzene rings is 1. The molecule has 0 spiro atoms. The van der Waals surface area contributed by atoms with Crippen LogP contribution in [0.2, 0.25) is 0 Å². The molecular weight excluding hydrogens is 252 g/mol. The maximum absolute atomic E-state index is 5.48. The highest BCUT2D eigenvalue weighted by molar-refractivity contribution is 5.94. The number of hydrogen-bond acceptors (Lipinski definition) is 4. The molecule has 1 aromatic carbocycles. The second-order valence-corrected chi connectivity index (χ2v) is 5.70. The number of hydrogen-bond donors (Lipinski definition) is 1. The first kappa shape index (κ1) is 11.8. The Morgan fingerprint density at radius 3 is 2.75 bits per heavy atom. The van der Waals surface area contributed by atoms with Crippen molar-refractivity contribution < 1.29 is 9.47 Å². The molecule has 0 unspecified atom stereocenters. The summed E-state index contributed by atoms with van der Waals surface area (Å²) in [6, 6.07) is 6.08. The number of rotatable bonds is 3. The van der Waals surface area contributed by atoms with E-state index in [4.69, 9.17) is 9.47 Å². The van der Waals surface area contributed by atoms with Crippen molar-refractivity contribution in [2.75, 3.05) is 12.1 Å². The molecule has 0 saturated heterocycles. The minimum atomic E-state index is 0.234. The molecule has 2 heterocycles. The minimum Gasteiger partial charge on any atom is -0.454 e. The van der Waals surface area contributed by atoms with E-state index in [1.54, 1.807) is 0 Å². The van der Waals surface area contributed by atoms with Crippen LogP contribution in [-0.4, -0.2) is 17.3 Å². The molecule has 1 aliphatic heterocycles. The second kappa shape index (κ2) is 4.27. The third kappa shape index (κ3) is 1.71. The predicted octanol–water partition coefficient (Wildman–Crippen LogP) is 3.71. The van der Waals surface area contributed by atoms with Crippen LogP contribution in [0.1, 0.15) is 32.6 Å². The van der Waals surface area contributed by atoms with Gasteiger partial charge < -0.3 is 14.8 Å². The largest absolute Gasteiger partial charge is 0.454 e. The van der Waals surface area contributed by atoms with Gasteiger partial charge in [-0.1, -0.05) is 6.92 Å². The number of aromatic nitrogens is 1. The SMILES string of the molecule is CCC1(Nc2nccc3cc4c(cc23)OCO4)CCC1. The lowest BCUT2D eigenvalue weighted by molar-refractivity contribution is 0.174. The van der Waals surface area contributed by atoms with Crippen molar-refractivity contribution in [3.63, 3.8) is 0 Å². The summed E-state index contributed by atoms with van der Waals surface area (Å²) in [6.07, 6.45) is 6.75. The number of nitrogens with zero attached hydrogens (tertiary/aromatic N) is 1. The molecule has 1 N–H and O–H groups in total. The van der Waals surface area contributed by atoms with Crippen LogP contribution < -0.4 is 14.8 Å². The molecule has 4 nitrogen and oxygen atoms in total. The molecule has 104 valence electrons. The average molecular weight is 270 g/mol. The highest BCUT2D eigenvalue weighted by Crippen LogP contribution is 2.41. The van der Waals surface area contributed by atoms with Gasteiger partial charge in [-0.05, 0) is 49.3 Å². The maximum atomic E-state index is 5.48. The second-order valence-electron chi connectivity index (χ2n) is 5.70. The summed E-state index contributed by atoms with van der Waals surface area (Å²) in [5, 5.41) is 5.91. The molecular formula is C16H18N2O2. The van der Waals surface area contributed by atoms with Gasteiger partial charge in [0.15, 0.2) is 11.5 Å². The van der Waals surface area contributed by atoms with Crippen molar-refractivity contribution in [3.8, 4) is 11.5 Å². The quantitative estimate of drug-likeness (QED) is 0.923. The van der Waals surface area contributed by atoms with E-state index in [1.165, 1.54) is 19.3 Å². The Kier molecular flexibility index (Phi) is 2.52. The molecule has 4 heteroatoms. The van der Waals surface area contributed by atoms with Gasteiger partial charge in [0.25, 0.3) is 0 Å². The van der Waals surface area contributed by atoms with Crippen molar-refractivity contribution in [2.24, 2.45) is 0 Å². The number of fused-ring (bicyclic) bond motifs is 2. The zero-order valence-electron chi connectivity index (χ0n) is 11.6. The zero-order chi connectivity index (χ0) is 13.6. The van der Waals surface area contributed by atoms with Crippen LogP contribution in [0.15, 0.2) is 24.4 Å². The monoisotopic (exact) mass is 270 g/mol. The van der Waals surface area contributed by atoms with E-state index < -0.39 is 0 Å². The Morgan fingerprint density at radius 2 is 2.05 bits per heavy atom. The third-order valence-electron chi connectivity index (χ3n) is 4.63. The molecule has 1 fully saturated rings. The Bertz CT molecular complexity index is 659. The van der Waals surface area contributed by atoms with Gasteiger partial charge in [0.1, 0.15) is 5.82 Å². The Hall–Kier alpha value is -1.97. The molecule has 20 heavy (non-hydrogen) atoms. The van der Waals surface area contributed by atoms with Gasteiger partial charge in [0, 0.05) is 17.1 Å². The molecule has 2 aromatic rings. The van der Waals surface area contributed by atoms with Crippen LogP contribution in [0.4, 0.5) is 5.82 Å². The number of ether oxygens (including phenoxy) is 2. The molecule has 2 aliphatic rings. The van der Waals surface area contributed by atoms with Crippen molar-refractivity contribution in [3.05, 3.63) is 24.4 Å². The van der Waals surface area contributed by atoms with E-state index in [1.807, 2.05) is 24.4 Å². The number of anilines is 1. The molecule has 1 aromatic heterocycles. The predicted molar refractivity (Wildman–Crippen MR) is 78.4 cm³/mol. The van der Waals surface area contributed by atoms with Gasteiger partial charge in [-0.2, -0.15) is 0 Å². The topological polar surface area (TPSA) is 43.4 Å². The van der Waals surface area contributed by atoms with Gasteiger partial charge in [-0.15, -0.1) is 0 Å². The fourth-order valence-electron chi connectivity index (χ4n) is 3.08. The van der Waals surface area contributed by atoms with E-state index in [0.29, 0.717) is 6.79 Å². The normalized spacial score (nSPS) is 18.9. The highest BCUT2D eigenvalue weighted by atomic mass is 16.7. The minimum absolute atomic E-state index is 0.234. The molecule has 1 saturated carbocycles. The molecule has 0 radical (unpaired) electrons. The fourth-order valence-corrected chi connectivity index (χ4v) is 3.08. The first-order valence-electron chi connectivity index (χ1n) is 7.26. The molecule has 0 atom stereocenters. The molecule has 1 aliphatic carbocycles. The zero-order valence-corrected chi connectivity index (χ0v) is 11.6. The summed E-state index contributed by atoms with van der Waals surface area (Å²) in [5.74, 6) is 2.60. The first-order chi connectivity index (χ1) is 9.80. The fraction of sp³-hybridized carbons (Fsp3) is 0.438. The van der Waals surface area contributed by atoms with Crippen LogP contribution >= 0.6 is 0 Å². The summed E-state index contributed by atoms with van der Waals surface area (Å²) in [7, 11) is 0. The van der Waals surface area contributed by atoms with Gasteiger partial charge in [0.2, 0.25) is 6.79 Å². The Morgan fingerprint density at radius 1 is 1.25 bits per heavy atom. The Balaban J connectivity index is 1.79. The van der Waals surface area contributed by atoms with Crippen molar-refractivity contribution in [1.29, 1.82) is 0 Å². The lowest BCUT2D eigenvalue weighted by Gasteiger charge is -2.42. The standard InChI is InChI=1S/C16H18N2O2/c1-2-16(5-3-6-16)18-15-12-9-14-13(19-10-20-14)8-11(12)4-7-17-15/h4,7-9H,2-3,5-6,10H2,1H3,(H,17,18). The maximum Gasteiger partial charge on any atom is 0.231 e. The lowest BCUT2D eigenvalue weighted by atomic mass is 9.75. The van der Waals surface area contributed by atoms with E-state index in [0.717, 1.165) is 34.5 Å². The van der Waals surface area contributed by atoms with Crippen molar-refractivity contribution in [1.82, 2.24) is 4.98 Å². The van der Waals surface area contributed by atoms with E-state index in [-0.39, 0.29) is 5.54 Å².